The molecule has 0 aliphatic heterocycles. The summed E-state index contributed by atoms with van der Waals surface area (Å²) in [6, 6.07) is 9.38. The summed E-state index contributed by atoms with van der Waals surface area (Å²) in [6.45, 7) is 1.94. The van der Waals surface area contributed by atoms with E-state index in [9.17, 15) is 4.79 Å². The van der Waals surface area contributed by atoms with Crippen molar-refractivity contribution in [3.8, 4) is 0 Å². The molecule has 0 saturated carbocycles. The van der Waals surface area contributed by atoms with Gasteiger partial charge in [-0.15, -0.1) is 0 Å². The van der Waals surface area contributed by atoms with Gasteiger partial charge in [-0.1, -0.05) is 6.07 Å². The Balaban J connectivity index is 2.18. The maximum atomic E-state index is 12.1. The number of benzene rings is 1. The highest BCUT2D eigenvalue weighted by atomic mass is 16.1. The van der Waals surface area contributed by atoms with Crippen molar-refractivity contribution < 1.29 is 4.79 Å². The first-order chi connectivity index (χ1) is 9.06. The van der Waals surface area contributed by atoms with Crippen LogP contribution < -0.4 is 10.2 Å². The van der Waals surface area contributed by atoms with Gasteiger partial charge in [0, 0.05) is 31.5 Å². The largest absolute Gasteiger partial charge is 0.378 e. The smallest absolute Gasteiger partial charge is 0.255 e. The van der Waals surface area contributed by atoms with E-state index in [1.807, 2.05) is 50.2 Å². The summed E-state index contributed by atoms with van der Waals surface area (Å²) in [4.78, 5) is 18.2. The fourth-order valence-corrected chi connectivity index (χ4v) is 1.75. The first-order valence-electron chi connectivity index (χ1n) is 6.06. The van der Waals surface area contributed by atoms with E-state index in [0.717, 1.165) is 11.3 Å². The lowest BCUT2D eigenvalue weighted by Gasteiger charge is -2.13. The topological polar surface area (TPSA) is 45.2 Å². The normalized spacial score (nSPS) is 10.1. The van der Waals surface area contributed by atoms with Gasteiger partial charge in [0.2, 0.25) is 0 Å². The van der Waals surface area contributed by atoms with Gasteiger partial charge in [0.15, 0.2) is 0 Å². The summed E-state index contributed by atoms with van der Waals surface area (Å²) in [5.41, 5.74) is 3.35. The number of rotatable bonds is 3. The SMILES string of the molecule is Cc1cncc(NC(=O)c2cccc(N(C)C)c2)c1. The minimum absolute atomic E-state index is 0.129. The first kappa shape index (κ1) is 13.1. The number of anilines is 2. The third-order valence-corrected chi connectivity index (χ3v) is 2.76. The maximum Gasteiger partial charge on any atom is 0.255 e. The second kappa shape index (κ2) is 5.52. The molecule has 1 heterocycles. The highest BCUT2D eigenvalue weighted by molar-refractivity contribution is 6.04. The zero-order chi connectivity index (χ0) is 13.8. The molecule has 98 valence electrons. The predicted octanol–water partition coefficient (Wildman–Crippen LogP) is 2.71. The molecule has 1 amide bonds. The number of nitrogens with zero attached hydrogens (tertiary/aromatic N) is 2. The van der Waals surface area contributed by atoms with Crippen molar-refractivity contribution in [2.75, 3.05) is 24.3 Å². The second-order valence-corrected chi connectivity index (χ2v) is 4.65. The third-order valence-electron chi connectivity index (χ3n) is 2.76. The molecule has 1 N–H and O–H groups in total. The van der Waals surface area contributed by atoms with E-state index in [0.29, 0.717) is 11.3 Å². The summed E-state index contributed by atoms with van der Waals surface area (Å²) in [7, 11) is 3.89. The number of pyridine rings is 1. The molecule has 0 aliphatic rings. The van der Waals surface area contributed by atoms with Crippen molar-refractivity contribution in [2.24, 2.45) is 0 Å². The molecule has 2 rings (SSSR count). The summed E-state index contributed by atoms with van der Waals surface area (Å²) < 4.78 is 0. The molecule has 0 spiro atoms. The van der Waals surface area contributed by atoms with Gasteiger partial charge in [-0.05, 0) is 36.8 Å². The van der Waals surface area contributed by atoms with Gasteiger partial charge in [0.25, 0.3) is 5.91 Å². The van der Waals surface area contributed by atoms with Crippen LogP contribution in [-0.4, -0.2) is 25.0 Å². The minimum atomic E-state index is -0.129. The highest BCUT2D eigenvalue weighted by Crippen LogP contribution is 2.15. The lowest BCUT2D eigenvalue weighted by molar-refractivity contribution is 0.102. The Morgan fingerprint density at radius 2 is 2.00 bits per heavy atom. The molecule has 0 fully saturated rings. The monoisotopic (exact) mass is 255 g/mol. The number of aromatic nitrogens is 1. The van der Waals surface area contributed by atoms with E-state index < -0.39 is 0 Å². The van der Waals surface area contributed by atoms with E-state index in [1.165, 1.54) is 0 Å². The van der Waals surface area contributed by atoms with Gasteiger partial charge in [-0.25, -0.2) is 0 Å². The van der Waals surface area contributed by atoms with Crippen LogP contribution in [0.15, 0.2) is 42.7 Å². The number of aryl methyl sites for hydroxylation is 1. The van der Waals surface area contributed by atoms with Crippen LogP contribution >= 0.6 is 0 Å². The molecule has 4 heteroatoms. The number of hydrogen-bond acceptors (Lipinski definition) is 3. The van der Waals surface area contributed by atoms with Gasteiger partial charge in [-0.2, -0.15) is 0 Å². The molecule has 19 heavy (non-hydrogen) atoms. The fourth-order valence-electron chi connectivity index (χ4n) is 1.75. The summed E-state index contributed by atoms with van der Waals surface area (Å²) in [6.07, 6.45) is 3.39. The molecule has 0 atom stereocenters. The van der Waals surface area contributed by atoms with E-state index in [2.05, 4.69) is 10.3 Å². The molecule has 0 unspecified atom stereocenters. The molecule has 0 bridgehead atoms. The molecular formula is C15H17N3O. The van der Waals surface area contributed by atoms with E-state index in [-0.39, 0.29) is 5.91 Å². The third kappa shape index (κ3) is 3.31. The number of carbonyl (C=O) groups excluding carboxylic acids is 1. The Labute approximate surface area is 113 Å². The number of amides is 1. The molecule has 0 aliphatic carbocycles. The fraction of sp³-hybridized carbons (Fsp3) is 0.200. The van der Waals surface area contributed by atoms with Gasteiger partial charge in [0.05, 0.1) is 11.9 Å². The molecule has 0 radical (unpaired) electrons. The van der Waals surface area contributed by atoms with Gasteiger partial charge >= 0.3 is 0 Å². The Morgan fingerprint density at radius 1 is 1.21 bits per heavy atom. The van der Waals surface area contributed by atoms with E-state index in [4.69, 9.17) is 0 Å². The van der Waals surface area contributed by atoms with E-state index in [1.54, 1.807) is 18.5 Å². The van der Waals surface area contributed by atoms with Gasteiger partial charge in [0.1, 0.15) is 0 Å². The zero-order valence-corrected chi connectivity index (χ0v) is 11.3. The second-order valence-electron chi connectivity index (χ2n) is 4.65. The summed E-state index contributed by atoms with van der Waals surface area (Å²) in [5, 5.41) is 2.85. The first-order valence-corrected chi connectivity index (χ1v) is 6.06. The number of hydrogen-bond donors (Lipinski definition) is 1. The average Bonchev–Trinajstić information content (AvgIpc) is 2.39. The van der Waals surface area contributed by atoms with Crippen molar-refractivity contribution in [2.45, 2.75) is 6.92 Å². The van der Waals surface area contributed by atoms with Crippen molar-refractivity contribution in [1.29, 1.82) is 0 Å². The van der Waals surface area contributed by atoms with Crippen molar-refractivity contribution in [1.82, 2.24) is 4.98 Å². The molecule has 0 saturated heterocycles. The number of nitrogens with one attached hydrogen (secondary N) is 1. The quantitative estimate of drug-likeness (QED) is 0.917. The van der Waals surface area contributed by atoms with Crippen LogP contribution in [0.1, 0.15) is 15.9 Å². The van der Waals surface area contributed by atoms with Crippen LogP contribution in [0.2, 0.25) is 0 Å². The van der Waals surface area contributed by atoms with Crippen molar-refractivity contribution >= 4 is 17.3 Å². The Morgan fingerprint density at radius 3 is 2.68 bits per heavy atom. The van der Waals surface area contributed by atoms with Gasteiger partial charge < -0.3 is 10.2 Å². The molecule has 4 nitrogen and oxygen atoms in total. The van der Waals surface area contributed by atoms with Gasteiger partial charge in [-0.3, -0.25) is 9.78 Å². The summed E-state index contributed by atoms with van der Waals surface area (Å²) in [5.74, 6) is -0.129. The Kier molecular flexibility index (Phi) is 3.80. The summed E-state index contributed by atoms with van der Waals surface area (Å²) >= 11 is 0. The van der Waals surface area contributed by atoms with Crippen molar-refractivity contribution in [3.63, 3.8) is 0 Å². The lowest BCUT2D eigenvalue weighted by Crippen LogP contribution is -2.14. The van der Waals surface area contributed by atoms with Crippen LogP contribution in [0.5, 0.6) is 0 Å². The van der Waals surface area contributed by atoms with Crippen LogP contribution in [0, 0.1) is 6.92 Å². The van der Waals surface area contributed by atoms with E-state index >= 15 is 0 Å². The van der Waals surface area contributed by atoms with Crippen LogP contribution in [0.3, 0.4) is 0 Å². The molecule has 1 aromatic heterocycles. The Hall–Kier alpha value is -2.36. The van der Waals surface area contributed by atoms with Crippen LogP contribution in [0.25, 0.3) is 0 Å². The highest BCUT2D eigenvalue weighted by Gasteiger charge is 2.07. The average molecular weight is 255 g/mol. The molecular weight excluding hydrogens is 238 g/mol. The standard InChI is InChI=1S/C15H17N3O/c1-11-7-13(10-16-9-11)17-15(19)12-5-4-6-14(8-12)18(2)3/h4-10H,1-3H3,(H,17,19). The minimum Gasteiger partial charge on any atom is -0.378 e. The zero-order valence-electron chi connectivity index (χ0n) is 11.3. The molecule has 2 aromatic rings. The number of carbonyl (C=O) groups is 1. The maximum absolute atomic E-state index is 12.1. The molecule has 1 aromatic carbocycles. The Bertz CT molecular complexity index is 593. The lowest BCUT2D eigenvalue weighted by atomic mass is 10.1. The van der Waals surface area contributed by atoms with Crippen LogP contribution in [-0.2, 0) is 0 Å². The van der Waals surface area contributed by atoms with Crippen molar-refractivity contribution in [3.05, 3.63) is 53.9 Å². The predicted molar refractivity (Wildman–Crippen MR) is 77.7 cm³/mol. The van der Waals surface area contributed by atoms with Crippen LogP contribution in [0.4, 0.5) is 11.4 Å².